The van der Waals surface area contributed by atoms with Crippen LogP contribution in [0.4, 0.5) is 13.2 Å². The van der Waals surface area contributed by atoms with Crippen LogP contribution in [-0.2, 0) is 16.0 Å². The minimum Gasteiger partial charge on any atom is -0.480 e. The van der Waals surface area contributed by atoms with Gasteiger partial charge in [0.2, 0.25) is 0 Å². The summed E-state index contributed by atoms with van der Waals surface area (Å²) in [6, 6.07) is 1.24. The van der Waals surface area contributed by atoms with E-state index >= 15 is 0 Å². The average Bonchev–Trinajstić information content (AvgIpc) is 2.26. The number of nitrogens with zero attached hydrogens (tertiary/aromatic N) is 1. The molecule has 0 aromatic carbocycles. The Kier molecular flexibility index (Phi) is 4.87. The largest absolute Gasteiger partial charge is 0.480 e. The van der Waals surface area contributed by atoms with Crippen molar-refractivity contribution in [3.63, 3.8) is 0 Å². The second-order valence-electron chi connectivity index (χ2n) is 3.55. The van der Waals surface area contributed by atoms with Crippen molar-refractivity contribution >= 4 is 27.8 Å². The van der Waals surface area contributed by atoms with Gasteiger partial charge in [0, 0.05) is 12.6 Å². The zero-order valence-electron chi connectivity index (χ0n) is 9.24. The Bertz CT molecular complexity index is 493. The van der Waals surface area contributed by atoms with Gasteiger partial charge in [0.15, 0.2) is 0 Å². The van der Waals surface area contributed by atoms with Crippen molar-refractivity contribution in [2.75, 3.05) is 0 Å². The summed E-state index contributed by atoms with van der Waals surface area (Å²) in [5.41, 5.74) is 0.428. The van der Waals surface area contributed by atoms with Gasteiger partial charge >= 0.3 is 18.1 Å². The summed E-state index contributed by atoms with van der Waals surface area (Å²) in [5, 5.41) is 10.2. The third-order valence-corrected chi connectivity index (χ3v) is 2.53. The molecule has 104 valence electrons. The number of halogens is 4. The lowest BCUT2D eigenvalue weighted by Crippen LogP contribution is -2.47. The molecule has 2 N–H and O–H groups in total. The van der Waals surface area contributed by atoms with Crippen LogP contribution >= 0.6 is 15.9 Å². The molecular weight excluding hydrogens is 333 g/mol. The molecule has 1 unspecified atom stereocenters. The molecule has 1 rings (SSSR count). The first-order valence-corrected chi connectivity index (χ1v) is 5.70. The molecule has 1 aromatic rings. The number of carbonyl (C=O) groups excluding carboxylic acids is 1. The van der Waals surface area contributed by atoms with Crippen molar-refractivity contribution in [3.05, 3.63) is 28.5 Å². The normalized spacial score (nSPS) is 12.8. The van der Waals surface area contributed by atoms with Crippen molar-refractivity contribution in [1.29, 1.82) is 0 Å². The molecule has 9 heteroatoms. The van der Waals surface area contributed by atoms with Gasteiger partial charge in [-0.05, 0) is 33.6 Å². The quantitative estimate of drug-likeness (QED) is 0.814. The van der Waals surface area contributed by atoms with Gasteiger partial charge in [0.25, 0.3) is 0 Å². The molecule has 0 aliphatic heterocycles. The molecule has 0 fully saturated rings. The highest BCUT2D eigenvalue weighted by atomic mass is 79.9. The first-order valence-electron chi connectivity index (χ1n) is 4.91. The molecule has 0 saturated carbocycles. The highest BCUT2D eigenvalue weighted by Crippen LogP contribution is 2.16. The van der Waals surface area contributed by atoms with Gasteiger partial charge in [0.1, 0.15) is 10.6 Å². The summed E-state index contributed by atoms with van der Waals surface area (Å²) in [5.74, 6) is -3.83. The molecule has 0 bridgehead atoms. The number of hydrogen-bond acceptors (Lipinski definition) is 3. The number of carboxylic acids is 1. The molecule has 1 heterocycles. The maximum atomic E-state index is 12.1. The topological polar surface area (TPSA) is 79.3 Å². The summed E-state index contributed by atoms with van der Waals surface area (Å²) in [7, 11) is 0. The monoisotopic (exact) mass is 340 g/mol. The number of alkyl halides is 3. The van der Waals surface area contributed by atoms with Crippen LogP contribution in [0.5, 0.6) is 0 Å². The van der Waals surface area contributed by atoms with E-state index in [-0.39, 0.29) is 6.42 Å². The predicted octanol–water partition coefficient (Wildman–Crippen LogP) is 1.52. The lowest BCUT2D eigenvalue weighted by Gasteiger charge is -2.15. The van der Waals surface area contributed by atoms with E-state index < -0.39 is 24.1 Å². The van der Waals surface area contributed by atoms with Crippen LogP contribution in [0.2, 0.25) is 0 Å². The van der Waals surface area contributed by atoms with E-state index in [1.807, 2.05) is 0 Å². The standard InChI is InChI=1S/C10H8BrF3N2O3/c11-7-4-5(1-2-15-7)3-6(8(17)18)16-9(19)10(12,13)14/h1-2,4,6H,3H2,(H,16,19)(H,17,18). The van der Waals surface area contributed by atoms with Crippen LogP contribution in [0.1, 0.15) is 5.56 Å². The maximum absolute atomic E-state index is 12.1. The molecule has 1 aromatic heterocycles. The molecular formula is C10H8BrF3N2O3. The van der Waals surface area contributed by atoms with E-state index in [2.05, 4.69) is 20.9 Å². The molecule has 1 atom stereocenters. The summed E-state index contributed by atoms with van der Waals surface area (Å²) < 4.78 is 36.6. The summed E-state index contributed by atoms with van der Waals surface area (Å²) in [6.07, 6.45) is -4.03. The summed E-state index contributed by atoms with van der Waals surface area (Å²) in [4.78, 5) is 25.4. The smallest absolute Gasteiger partial charge is 0.471 e. The van der Waals surface area contributed by atoms with Crippen LogP contribution in [0, 0.1) is 0 Å². The highest BCUT2D eigenvalue weighted by Gasteiger charge is 2.40. The Morgan fingerprint density at radius 1 is 1.47 bits per heavy atom. The second-order valence-corrected chi connectivity index (χ2v) is 4.37. The Morgan fingerprint density at radius 3 is 2.58 bits per heavy atom. The van der Waals surface area contributed by atoms with Crippen molar-refractivity contribution in [3.8, 4) is 0 Å². The molecule has 0 saturated heterocycles. The third kappa shape index (κ3) is 4.86. The van der Waals surface area contributed by atoms with Gasteiger partial charge in [-0.1, -0.05) is 0 Å². The highest BCUT2D eigenvalue weighted by molar-refractivity contribution is 9.10. The zero-order valence-corrected chi connectivity index (χ0v) is 10.8. The van der Waals surface area contributed by atoms with Crippen LogP contribution in [-0.4, -0.2) is 34.2 Å². The lowest BCUT2D eigenvalue weighted by molar-refractivity contribution is -0.175. The van der Waals surface area contributed by atoms with E-state index in [9.17, 15) is 22.8 Å². The predicted molar refractivity (Wildman–Crippen MR) is 61.3 cm³/mol. The fraction of sp³-hybridized carbons (Fsp3) is 0.300. The van der Waals surface area contributed by atoms with E-state index in [0.717, 1.165) is 0 Å². The average molecular weight is 341 g/mol. The molecule has 19 heavy (non-hydrogen) atoms. The van der Waals surface area contributed by atoms with E-state index in [1.54, 1.807) is 0 Å². The minimum absolute atomic E-state index is 0.279. The fourth-order valence-corrected chi connectivity index (χ4v) is 1.66. The molecule has 0 radical (unpaired) electrons. The van der Waals surface area contributed by atoms with Gasteiger partial charge in [-0.15, -0.1) is 0 Å². The second kappa shape index (κ2) is 6.00. The van der Waals surface area contributed by atoms with Gasteiger partial charge in [-0.25, -0.2) is 9.78 Å². The van der Waals surface area contributed by atoms with Crippen molar-refractivity contribution in [2.24, 2.45) is 0 Å². The van der Waals surface area contributed by atoms with Crippen LogP contribution in [0.15, 0.2) is 22.9 Å². The van der Waals surface area contributed by atoms with E-state index in [4.69, 9.17) is 5.11 Å². The number of amides is 1. The Morgan fingerprint density at radius 2 is 2.11 bits per heavy atom. The number of pyridine rings is 1. The Balaban J connectivity index is 2.80. The van der Waals surface area contributed by atoms with Crippen molar-refractivity contribution in [2.45, 2.75) is 18.6 Å². The fourth-order valence-electron chi connectivity index (χ4n) is 1.25. The van der Waals surface area contributed by atoms with Crippen molar-refractivity contribution in [1.82, 2.24) is 10.3 Å². The number of carbonyl (C=O) groups is 2. The van der Waals surface area contributed by atoms with Crippen LogP contribution < -0.4 is 5.32 Å². The molecule has 0 aliphatic rings. The van der Waals surface area contributed by atoms with E-state index in [0.29, 0.717) is 10.2 Å². The number of aliphatic carboxylic acids is 1. The first-order chi connectivity index (χ1) is 8.70. The van der Waals surface area contributed by atoms with Gasteiger partial charge in [0.05, 0.1) is 0 Å². The minimum atomic E-state index is -5.12. The number of rotatable bonds is 4. The van der Waals surface area contributed by atoms with Gasteiger partial charge in [-0.3, -0.25) is 4.79 Å². The summed E-state index contributed by atoms with van der Waals surface area (Å²) in [6.45, 7) is 0. The van der Waals surface area contributed by atoms with Crippen LogP contribution in [0.25, 0.3) is 0 Å². The number of aromatic nitrogens is 1. The molecule has 0 aliphatic carbocycles. The van der Waals surface area contributed by atoms with Gasteiger partial charge < -0.3 is 10.4 Å². The van der Waals surface area contributed by atoms with Crippen LogP contribution in [0.3, 0.4) is 0 Å². The number of hydrogen-bond donors (Lipinski definition) is 2. The first kappa shape index (κ1) is 15.4. The number of carboxylic acid groups (broad SMARTS) is 1. The maximum Gasteiger partial charge on any atom is 0.471 e. The molecule has 1 amide bonds. The third-order valence-electron chi connectivity index (χ3n) is 2.09. The Hall–Kier alpha value is -1.64. The number of nitrogens with one attached hydrogen (secondary N) is 1. The molecule has 5 nitrogen and oxygen atoms in total. The Labute approximate surface area is 114 Å². The molecule has 0 spiro atoms. The SMILES string of the molecule is O=C(O)C(Cc1ccnc(Br)c1)NC(=O)C(F)(F)F. The summed E-state index contributed by atoms with van der Waals surface area (Å²) >= 11 is 3.05. The van der Waals surface area contributed by atoms with E-state index in [1.165, 1.54) is 23.6 Å². The van der Waals surface area contributed by atoms with Crippen molar-refractivity contribution < 1.29 is 27.9 Å². The zero-order chi connectivity index (χ0) is 14.6. The van der Waals surface area contributed by atoms with Gasteiger partial charge in [-0.2, -0.15) is 13.2 Å². The lowest BCUT2D eigenvalue weighted by atomic mass is 10.1.